The van der Waals surface area contributed by atoms with Gasteiger partial charge in [-0.3, -0.25) is 0 Å². The Balaban J connectivity index is 1.58. The summed E-state index contributed by atoms with van der Waals surface area (Å²) in [6.45, 7) is 5.06. The van der Waals surface area contributed by atoms with Crippen LogP contribution in [-0.4, -0.2) is 45.5 Å². The smallest absolute Gasteiger partial charge is 0.243 e. The number of ether oxygens (including phenoxy) is 1. The first-order valence-corrected chi connectivity index (χ1v) is 12.0. The van der Waals surface area contributed by atoms with Crippen LogP contribution in [0, 0.1) is 0 Å². The molecule has 1 aliphatic rings. The molecule has 158 valence electrons. The van der Waals surface area contributed by atoms with E-state index in [2.05, 4.69) is 24.0 Å². The van der Waals surface area contributed by atoms with Gasteiger partial charge in [0, 0.05) is 42.6 Å². The van der Waals surface area contributed by atoms with Gasteiger partial charge in [-0.25, -0.2) is 8.42 Å². The Kier molecular flexibility index (Phi) is 6.25. The molecule has 5 nitrogen and oxygen atoms in total. The molecular weight excluding hydrogens is 396 g/mol. The molecule has 4 rings (SSSR count). The zero-order valence-corrected chi connectivity index (χ0v) is 18.1. The van der Waals surface area contributed by atoms with E-state index in [0.29, 0.717) is 37.7 Å². The van der Waals surface area contributed by atoms with Gasteiger partial charge in [0.1, 0.15) is 5.75 Å². The number of para-hydroxylation sites is 1. The highest BCUT2D eigenvalue weighted by Gasteiger charge is 2.30. The lowest BCUT2D eigenvalue weighted by atomic mass is 10.1. The van der Waals surface area contributed by atoms with Crippen LogP contribution in [0.5, 0.6) is 5.75 Å². The fourth-order valence-electron chi connectivity index (χ4n) is 3.89. The van der Waals surface area contributed by atoms with Crippen molar-refractivity contribution in [1.82, 2.24) is 4.31 Å². The summed E-state index contributed by atoms with van der Waals surface area (Å²) in [6, 6.07) is 21.2. The summed E-state index contributed by atoms with van der Waals surface area (Å²) in [6.07, 6.45) is 2.03. The lowest BCUT2D eigenvalue weighted by Crippen LogP contribution is -2.48. The number of nitrogens with zero attached hydrogens (tertiary/aromatic N) is 2. The first-order chi connectivity index (χ1) is 14.6. The van der Waals surface area contributed by atoms with Crippen molar-refractivity contribution >= 4 is 26.5 Å². The Morgan fingerprint density at radius 2 is 1.50 bits per heavy atom. The van der Waals surface area contributed by atoms with Crippen LogP contribution in [0.2, 0.25) is 0 Å². The molecule has 3 aromatic rings. The average molecular weight is 425 g/mol. The summed E-state index contributed by atoms with van der Waals surface area (Å²) in [5.74, 6) is 0.742. The van der Waals surface area contributed by atoms with Crippen LogP contribution in [0.3, 0.4) is 0 Å². The van der Waals surface area contributed by atoms with Crippen LogP contribution in [-0.2, 0) is 10.0 Å². The SMILES string of the molecule is CCCCOc1ccc(S(=O)(=O)N2CCN(c3ccccc3)CC2)c2ccccc12. The van der Waals surface area contributed by atoms with E-state index < -0.39 is 10.0 Å². The summed E-state index contributed by atoms with van der Waals surface area (Å²) in [5.41, 5.74) is 1.13. The Morgan fingerprint density at radius 1 is 0.833 bits per heavy atom. The van der Waals surface area contributed by atoms with Gasteiger partial charge in [0.25, 0.3) is 0 Å². The topological polar surface area (TPSA) is 49.9 Å². The van der Waals surface area contributed by atoms with E-state index >= 15 is 0 Å². The molecular formula is C24H28N2O3S. The molecule has 0 atom stereocenters. The number of fused-ring (bicyclic) bond motifs is 1. The van der Waals surface area contributed by atoms with Gasteiger partial charge in [0.2, 0.25) is 10.0 Å². The molecule has 0 N–H and O–H groups in total. The monoisotopic (exact) mass is 424 g/mol. The van der Waals surface area contributed by atoms with Gasteiger partial charge in [-0.1, -0.05) is 55.8 Å². The Bertz CT molecular complexity index is 1090. The molecule has 1 saturated heterocycles. The largest absolute Gasteiger partial charge is 0.493 e. The van der Waals surface area contributed by atoms with Crippen molar-refractivity contribution in [3.63, 3.8) is 0 Å². The number of hydrogen-bond donors (Lipinski definition) is 0. The van der Waals surface area contributed by atoms with Crippen LogP contribution in [0.15, 0.2) is 71.6 Å². The van der Waals surface area contributed by atoms with Gasteiger partial charge in [0.05, 0.1) is 11.5 Å². The van der Waals surface area contributed by atoms with Gasteiger partial charge < -0.3 is 9.64 Å². The number of unbranched alkanes of at least 4 members (excludes halogenated alkanes) is 1. The first kappa shape index (κ1) is 20.7. The van der Waals surface area contributed by atoms with E-state index in [1.54, 1.807) is 16.4 Å². The molecule has 0 radical (unpaired) electrons. The van der Waals surface area contributed by atoms with Crippen molar-refractivity contribution in [2.75, 3.05) is 37.7 Å². The summed E-state index contributed by atoms with van der Waals surface area (Å²) >= 11 is 0. The van der Waals surface area contributed by atoms with Gasteiger partial charge >= 0.3 is 0 Å². The minimum absolute atomic E-state index is 0.356. The molecule has 0 spiro atoms. The van der Waals surface area contributed by atoms with Crippen LogP contribution < -0.4 is 9.64 Å². The highest BCUT2D eigenvalue weighted by Crippen LogP contribution is 2.33. The zero-order chi connectivity index (χ0) is 21.0. The normalized spacial score (nSPS) is 15.4. The molecule has 0 amide bonds. The van der Waals surface area contributed by atoms with Crippen molar-refractivity contribution in [1.29, 1.82) is 0 Å². The second-order valence-corrected chi connectivity index (χ2v) is 9.44. The minimum atomic E-state index is -3.59. The number of hydrogen-bond acceptors (Lipinski definition) is 4. The maximum atomic E-state index is 13.5. The molecule has 6 heteroatoms. The number of piperazine rings is 1. The molecule has 0 unspecified atom stereocenters. The van der Waals surface area contributed by atoms with Crippen molar-refractivity contribution in [3.8, 4) is 5.75 Å². The third-order valence-corrected chi connectivity index (χ3v) is 7.53. The zero-order valence-electron chi connectivity index (χ0n) is 17.3. The fraction of sp³-hybridized carbons (Fsp3) is 0.333. The van der Waals surface area contributed by atoms with Crippen LogP contribution in [0.1, 0.15) is 19.8 Å². The van der Waals surface area contributed by atoms with E-state index in [-0.39, 0.29) is 0 Å². The highest BCUT2D eigenvalue weighted by molar-refractivity contribution is 7.89. The lowest BCUT2D eigenvalue weighted by molar-refractivity contribution is 0.313. The Hall–Kier alpha value is -2.57. The van der Waals surface area contributed by atoms with Gasteiger partial charge in [0.15, 0.2) is 0 Å². The lowest BCUT2D eigenvalue weighted by Gasteiger charge is -2.35. The van der Waals surface area contributed by atoms with E-state index in [9.17, 15) is 8.42 Å². The number of rotatable bonds is 7. The van der Waals surface area contributed by atoms with Crippen LogP contribution in [0.4, 0.5) is 5.69 Å². The number of anilines is 1. The number of benzene rings is 3. The predicted molar refractivity (Wildman–Crippen MR) is 122 cm³/mol. The summed E-state index contributed by atoms with van der Waals surface area (Å²) in [5, 5.41) is 1.56. The standard InChI is InChI=1S/C24H28N2O3S/c1-2-3-19-29-23-13-14-24(22-12-8-7-11-21(22)23)30(27,28)26-17-15-25(16-18-26)20-9-5-4-6-10-20/h4-14H,2-3,15-19H2,1H3. The maximum absolute atomic E-state index is 13.5. The second kappa shape index (κ2) is 9.06. The molecule has 1 heterocycles. The molecule has 30 heavy (non-hydrogen) atoms. The third kappa shape index (κ3) is 4.16. The molecule has 0 aromatic heterocycles. The fourth-order valence-corrected chi connectivity index (χ4v) is 5.50. The van der Waals surface area contributed by atoms with Gasteiger partial charge in [-0.2, -0.15) is 4.31 Å². The Labute approximate surface area is 178 Å². The average Bonchev–Trinajstić information content (AvgIpc) is 2.80. The van der Waals surface area contributed by atoms with Gasteiger partial charge in [-0.05, 0) is 30.7 Å². The molecule has 3 aromatic carbocycles. The minimum Gasteiger partial charge on any atom is -0.493 e. The quantitative estimate of drug-likeness (QED) is 0.523. The van der Waals surface area contributed by atoms with E-state index in [1.807, 2.05) is 42.5 Å². The van der Waals surface area contributed by atoms with Crippen molar-refractivity contribution in [3.05, 3.63) is 66.7 Å². The van der Waals surface area contributed by atoms with Gasteiger partial charge in [-0.15, -0.1) is 0 Å². The first-order valence-electron chi connectivity index (χ1n) is 10.6. The highest BCUT2D eigenvalue weighted by atomic mass is 32.2. The molecule has 1 fully saturated rings. The van der Waals surface area contributed by atoms with Crippen molar-refractivity contribution in [2.24, 2.45) is 0 Å². The third-order valence-electron chi connectivity index (χ3n) is 5.58. The van der Waals surface area contributed by atoms with Crippen molar-refractivity contribution < 1.29 is 13.2 Å². The summed E-state index contributed by atoms with van der Waals surface area (Å²) < 4.78 is 34.5. The summed E-state index contributed by atoms with van der Waals surface area (Å²) in [4.78, 5) is 2.59. The predicted octanol–water partition coefficient (Wildman–Crippen LogP) is 4.53. The van der Waals surface area contributed by atoms with Crippen LogP contribution >= 0.6 is 0 Å². The van der Waals surface area contributed by atoms with Crippen molar-refractivity contribution in [2.45, 2.75) is 24.7 Å². The maximum Gasteiger partial charge on any atom is 0.243 e. The van der Waals surface area contributed by atoms with E-state index in [1.165, 1.54) is 0 Å². The molecule has 1 aliphatic heterocycles. The molecule has 0 saturated carbocycles. The second-order valence-electron chi connectivity index (χ2n) is 7.54. The Morgan fingerprint density at radius 3 is 2.20 bits per heavy atom. The van der Waals surface area contributed by atoms with E-state index in [0.717, 1.165) is 35.1 Å². The number of sulfonamides is 1. The van der Waals surface area contributed by atoms with Crippen LogP contribution in [0.25, 0.3) is 10.8 Å². The summed E-state index contributed by atoms with van der Waals surface area (Å²) in [7, 11) is -3.59. The molecule has 0 bridgehead atoms. The molecule has 0 aliphatic carbocycles. The van der Waals surface area contributed by atoms with E-state index in [4.69, 9.17) is 4.74 Å².